The van der Waals surface area contributed by atoms with Crippen LogP contribution in [0.5, 0.6) is 0 Å². The lowest BCUT2D eigenvalue weighted by Gasteiger charge is -2.63. The third-order valence-electron chi connectivity index (χ3n) is 11.1. The topological polar surface area (TPSA) is 118 Å². The molecule has 6 unspecified atom stereocenters. The van der Waals surface area contributed by atoms with Gasteiger partial charge < -0.3 is 25.3 Å². The van der Waals surface area contributed by atoms with Gasteiger partial charge in [0, 0.05) is 13.5 Å². The first-order valence-corrected chi connectivity index (χ1v) is 13.4. The van der Waals surface area contributed by atoms with Crippen LogP contribution >= 0.6 is 0 Å². The van der Waals surface area contributed by atoms with Crippen LogP contribution in [0.4, 0.5) is 0 Å². The molecular formula is C27H45NO6. The van der Waals surface area contributed by atoms with Gasteiger partial charge in [0.05, 0.1) is 18.3 Å². The van der Waals surface area contributed by atoms with Crippen molar-refractivity contribution in [3.8, 4) is 0 Å². The molecule has 7 nitrogen and oxygen atoms in total. The summed E-state index contributed by atoms with van der Waals surface area (Å²) in [6, 6.07) is 0. The number of likely N-dealkylation sites (N-methyl/N-ethyl adjacent to an activating group) is 1. The molecule has 4 aliphatic rings. The van der Waals surface area contributed by atoms with Gasteiger partial charge in [-0.15, -0.1) is 0 Å². The summed E-state index contributed by atoms with van der Waals surface area (Å²) in [4.78, 5) is 24.6. The molecule has 1 amide bonds. The van der Waals surface area contributed by atoms with Gasteiger partial charge in [-0.05, 0) is 97.7 Å². The highest BCUT2D eigenvalue weighted by Crippen LogP contribution is 2.68. The highest BCUT2D eigenvalue weighted by molar-refractivity contribution is 5.80. The van der Waals surface area contributed by atoms with Gasteiger partial charge in [0.25, 0.3) is 0 Å². The molecule has 194 valence electrons. The molecule has 4 rings (SSSR count). The number of carboxylic acids is 1. The van der Waals surface area contributed by atoms with Gasteiger partial charge in [-0.25, -0.2) is 0 Å². The monoisotopic (exact) mass is 479 g/mol. The quantitative estimate of drug-likeness (QED) is 0.465. The molecule has 0 heterocycles. The van der Waals surface area contributed by atoms with Crippen LogP contribution in [0, 0.1) is 46.3 Å². The summed E-state index contributed by atoms with van der Waals surface area (Å²) < 4.78 is 0. The number of hydrogen-bond acceptors (Lipinski definition) is 5. The molecule has 4 saturated carbocycles. The van der Waals surface area contributed by atoms with E-state index in [4.69, 9.17) is 5.11 Å². The van der Waals surface area contributed by atoms with Crippen molar-refractivity contribution in [2.45, 2.75) is 96.9 Å². The van der Waals surface area contributed by atoms with E-state index in [0.717, 1.165) is 38.5 Å². The second kappa shape index (κ2) is 9.36. The first-order chi connectivity index (χ1) is 15.9. The Morgan fingerprint density at radius 3 is 2.41 bits per heavy atom. The Morgan fingerprint density at radius 2 is 1.74 bits per heavy atom. The Labute approximate surface area is 203 Å². The number of fused-ring (bicyclic) bond motifs is 5. The molecule has 11 atom stereocenters. The number of aliphatic hydroxyl groups excluding tert-OH is 3. The predicted molar refractivity (Wildman–Crippen MR) is 128 cm³/mol. The van der Waals surface area contributed by atoms with Gasteiger partial charge in [-0.2, -0.15) is 0 Å². The average molecular weight is 480 g/mol. The Balaban J connectivity index is 1.49. The van der Waals surface area contributed by atoms with Crippen LogP contribution in [0.3, 0.4) is 0 Å². The van der Waals surface area contributed by atoms with Crippen LogP contribution < -0.4 is 0 Å². The predicted octanol–water partition coefficient (Wildman–Crippen LogP) is 2.91. The Kier molecular flexibility index (Phi) is 7.13. The molecule has 0 spiro atoms. The number of nitrogens with zero attached hydrogens (tertiary/aromatic N) is 1. The van der Waals surface area contributed by atoms with Crippen LogP contribution in [-0.2, 0) is 9.59 Å². The summed E-state index contributed by atoms with van der Waals surface area (Å²) >= 11 is 0. The average Bonchev–Trinajstić information content (AvgIpc) is 3.12. The van der Waals surface area contributed by atoms with Crippen molar-refractivity contribution in [2.75, 3.05) is 13.6 Å². The Hall–Kier alpha value is -1.18. The number of aliphatic hydroxyl groups is 3. The van der Waals surface area contributed by atoms with Gasteiger partial charge >= 0.3 is 5.97 Å². The molecule has 4 N–H and O–H groups in total. The molecule has 7 heteroatoms. The van der Waals surface area contributed by atoms with E-state index in [1.165, 1.54) is 11.9 Å². The molecule has 4 aliphatic carbocycles. The number of hydrogen-bond donors (Lipinski definition) is 4. The third-order valence-corrected chi connectivity index (χ3v) is 11.1. The Morgan fingerprint density at radius 1 is 1.03 bits per heavy atom. The molecule has 0 saturated heterocycles. The van der Waals surface area contributed by atoms with Crippen LogP contribution in [0.15, 0.2) is 0 Å². The molecule has 0 radical (unpaired) electrons. The van der Waals surface area contributed by atoms with Gasteiger partial charge in [0.15, 0.2) is 0 Å². The van der Waals surface area contributed by atoms with E-state index in [1.807, 2.05) is 0 Å². The molecule has 0 aromatic heterocycles. The molecule has 4 fully saturated rings. The number of carbonyl (C=O) groups excluding carboxylic acids is 1. The van der Waals surface area contributed by atoms with Crippen molar-refractivity contribution in [3.63, 3.8) is 0 Å². The second-order valence-electron chi connectivity index (χ2n) is 12.7. The minimum absolute atomic E-state index is 0.0658. The number of amides is 1. The maximum Gasteiger partial charge on any atom is 0.323 e. The largest absolute Gasteiger partial charge is 0.480 e. The summed E-state index contributed by atoms with van der Waals surface area (Å²) in [6.07, 6.45) is 5.90. The summed E-state index contributed by atoms with van der Waals surface area (Å²) in [6.45, 7) is 6.44. The summed E-state index contributed by atoms with van der Waals surface area (Å²) in [5, 5.41) is 42.2. The molecule has 0 bridgehead atoms. The molecule has 0 aliphatic heterocycles. The zero-order chi connectivity index (χ0) is 25.0. The number of rotatable bonds is 6. The molecule has 34 heavy (non-hydrogen) atoms. The fourth-order valence-electron chi connectivity index (χ4n) is 9.17. The lowest BCUT2D eigenvalue weighted by molar-refractivity contribution is -0.207. The normalized spacial score (nSPS) is 46.7. The lowest BCUT2D eigenvalue weighted by Crippen LogP contribution is -2.62. The highest BCUT2D eigenvalue weighted by Gasteiger charge is 2.65. The van der Waals surface area contributed by atoms with Gasteiger partial charge in [-0.3, -0.25) is 9.59 Å². The lowest BCUT2D eigenvalue weighted by atomic mass is 9.43. The minimum atomic E-state index is -1.01. The smallest absolute Gasteiger partial charge is 0.323 e. The summed E-state index contributed by atoms with van der Waals surface area (Å²) in [7, 11) is 1.53. The van der Waals surface area contributed by atoms with Crippen molar-refractivity contribution in [2.24, 2.45) is 46.3 Å². The molecule has 0 aromatic carbocycles. The van der Waals surface area contributed by atoms with Crippen LogP contribution in [0.25, 0.3) is 0 Å². The zero-order valence-electron chi connectivity index (χ0n) is 21.3. The van der Waals surface area contributed by atoms with E-state index in [0.29, 0.717) is 25.2 Å². The van der Waals surface area contributed by atoms with E-state index in [-0.39, 0.29) is 65.1 Å². The van der Waals surface area contributed by atoms with Crippen molar-refractivity contribution in [1.82, 2.24) is 4.90 Å². The first-order valence-electron chi connectivity index (χ1n) is 13.4. The van der Waals surface area contributed by atoms with Gasteiger partial charge in [0.1, 0.15) is 6.54 Å². The standard InChI is InChI=1S/C27H45NO6/c1-15(5-8-23(32)28(4)14-24(33)34)18-6-7-19-25-20(13-22(31)27(18,19)3)26(2)10-9-17(29)11-16(26)12-21(25)30/h15-22,25,29-31H,5-14H2,1-4H3,(H,33,34)/t15?,16?,17-,18-,19?,20?,21?,22+,25?,26+,27-/m1/s1. The third kappa shape index (κ3) is 4.20. The van der Waals surface area contributed by atoms with E-state index >= 15 is 0 Å². The number of aliphatic carboxylic acids is 1. The second-order valence-corrected chi connectivity index (χ2v) is 12.7. The van der Waals surface area contributed by atoms with Gasteiger partial charge in [-0.1, -0.05) is 20.8 Å². The fourth-order valence-corrected chi connectivity index (χ4v) is 9.17. The summed E-state index contributed by atoms with van der Waals surface area (Å²) in [5.41, 5.74) is -0.217. The van der Waals surface area contributed by atoms with Crippen molar-refractivity contribution in [1.29, 1.82) is 0 Å². The number of carbonyl (C=O) groups is 2. The van der Waals surface area contributed by atoms with Crippen LogP contribution in [0.2, 0.25) is 0 Å². The van der Waals surface area contributed by atoms with Crippen LogP contribution in [-0.4, -0.2) is 69.1 Å². The van der Waals surface area contributed by atoms with E-state index < -0.39 is 12.1 Å². The van der Waals surface area contributed by atoms with Crippen molar-refractivity contribution < 1.29 is 30.0 Å². The maximum absolute atomic E-state index is 12.4. The fraction of sp³-hybridized carbons (Fsp3) is 0.926. The molecular weight excluding hydrogens is 434 g/mol. The minimum Gasteiger partial charge on any atom is -0.480 e. The van der Waals surface area contributed by atoms with Crippen LogP contribution in [0.1, 0.15) is 78.6 Å². The maximum atomic E-state index is 12.4. The highest BCUT2D eigenvalue weighted by atomic mass is 16.4. The summed E-state index contributed by atoms with van der Waals surface area (Å²) in [5.74, 6) is 0.387. The van der Waals surface area contributed by atoms with E-state index in [9.17, 15) is 24.9 Å². The van der Waals surface area contributed by atoms with E-state index in [1.54, 1.807) is 0 Å². The Bertz CT molecular complexity index is 789. The van der Waals surface area contributed by atoms with Gasteiger partial charge in [0.2, 0.25) is 5.91 Å². The SMILES string of the molecule is CC(CCC(=O)N(C)CC(=O)O)[C@H]1CCC2C3C(O)CC4C[C@H](O)CC[C@]4(C)C3C[C@H](O)[C@@]21C. The number of carboxylic acid groups (broad SMARTS) is 1. The van der Waals surface area contributed by atoms with E-state index in [2.05, 4.69) is 20.8 Å². The van der Waals surface area contributed by atoms with Crippen molar-refractivity contribution >= 4 is 11.9 Å². The van der Waals surface area contributed by atoms with Crippen molar-refractivity contribution in [3.05, 3.63) is 0 Å². The first kappa shape index (κ1) is 25.9. The molecule has 0 aromatic rings. The zero-order valence-corrected chi connectivity index (χ0v) is 21.3.